The van der Waals surface area contributed by atoms with Gasteiger partial charge in [-0.15, -0.1) is 0 Å². The number of hydrogen-bond acceptors (Lipinski definition) is 2. The van der Waals surface area contributed by atoms with Crippen LogP contribution in [0.3, 0.4) is 0 Å². The maximum absolute atomic E-state index is 9.22. The Morgan fingerprint density at radius 3 is 1.65 bits per heavy atom. The molecule has 0 atom stereocenters. The van der Waals surface area contributed by atoms with Crippen LogP contribution in [0, 0.1) is 0 Å². The number of nitrogens with zero attached hydrogens (tertiary/aromatic N) is 4. The molecule has 0 spiro atoms. The molecule has 0 amide bonds. The number of rotatable bonds is 10. The summed E-state index contributed by atoms with van der Waals surface area (Å²) in [7, 11) is 0. The van der Waals surface area contributed by atoms with Gasteiger partial charge in [0.25, 0.3) is 0 Å². The lowest BCUT2D eigenvalue weighted by Crippen LogP contribution is -2.31. The van der Waals surface area contributed by atoms with Crippen LogP contribution < -0.4 is 9.13 Å². The molecule has 0 radical (unpaired) electrons. The summed E-state index contributed by atoms with van der Waals surface area (Å²) >= 11 is 3.78. The molecule has 37 heavy (non-hydrogen) atoms. The zero-order chi connectivity index (χ0) is 25.6. The van der Waals surface area contributed by atoms with Gasteiger partial charge in [-0.1, -0.05) is 76.6 Å². The summed E-state index contributed by atoms with van der Waals surface area (Å²) in [5, 5.41) is 18.4. The Labute approximate surface area is 225 Å². The summed E-state index contributed by atoms with van der Waals surface area (Å²) in [6.45, 7) is 3.33. The van der Waals surface area contributed by atoms with Gasteiger partial charge in [0.1, 0.15) is 51.0 Å². The molecule has 0 unspecified atom stereocenters. The summed E-state index contributed by atoms with van der Waals surface area (Å²) in [5.74, 6) is 0. The molecular formula is C30H31BrN4O2+2. The normalized spacial score (nSPS) is 11.2. The molecule has 2 heterocycles. The third kappa shape index (κ3) is 6.63. The molecule has 0 bridgehead atoms. The van der Waals surface area contributed by atoms with Crippen molar-refractivity contribution < 1.29 is 19.3 Å². The fourth-order valence-electron chi connectivity index (χ4n) is 4.40. The van der Waals surface area contributed by atoms with E-state index in [9.17, 15) is 10.2 Å². The molecular weight excluding hydrogens is 528 g/mol. The van der Waals surface area contributed by atoms with Gasteiger partial charge in [-0.05, 0) is 33.9 Å². The predicted octanol–water partition coefficient (Wildman–Crippen LogP) is 3.80. The van der Waals surface area contributed by atoms with Gasteiger partial charge in [0.2, 0.25) is 12.7 Å². The monoisotopic (exact) mass is 558 g/mol. The standard InChI is InChI=1S/C30H31BrN4O2/c31-30-15-28(18-34-12-11-32(22-34)16-24-1-5-26(20-36)6-2-24)9-10-29(30)19-35-14-13-33(23-35)17-25-3-7-27(21-37)8-4-25/h1-15,22-23,36-37H,16-21H2/q+2. The third-order valence-corrected chi connectivity index (χ3v) is 7.21. The van der Waals surface area contributed by atoms with Gasteiger partial charge in [-0.3, -0.25) is 0 Å². The minimum absolute atomic E-state index is 0.0739. The number of aliphatic hydroxyl groups is 2. The van der Waals surface area contributed by atoms with Crippen molar-refractivity contribution in [1.29, 1.82) is 0 Å². The number of halogens is 1. The lowest BCUT2D eigenvalue weighted by Gasteiger charge is -2.05. The van der Waals surface area contributed by atoms with Gasteiger partial charge >= 0.3 is 0 Å². The average molecular weight is 560 g/mol. The highest BCUT2D eigenvalue weighted by Gasteiger charge is 2.11. The molecule has 2 aromatic heterocycles. The first-order valence-electron chi connectivity index (χ1n) is 12.3. The Hall–Kier alpha value is -3.52. The Kier molecular flexibility index (Phi) is 7.94. The molecule has 0 aliphatic rings. The number of imidazole rings is 2. The molecule has 0 saturated heterocycles. The SMILES string of the molecule is OCc1ccc(Cn2cc[n+](Cc3ccc(Cn4cc[n+](Cc5ccc(CO)cc5)c4)c(Br)c3)c2)cc1. The van der Waals surface area contributed by atoms with Crippen molar-refractivity contribution in [3.8, 4) is 0 Å². The van der Waals surface area contributed by atoms with Crippen molar-refractivity contribution >= 4 is 15.9 Å². The topological polar surface area (TPSA) is 58.1 Å². The molecule has 0 saturated carbocycles. The van der Waals surface area contributed by atoms with E-state index in [0.717, 1.165) is 41.8 Å². The largest absolute Gasteiger partial charge is 0.392 e. The molecule has 3 aromatic carbocycles. The lowest BCUT2D eigenvalue weighted by atomic mass is 10.1. The Bertz CT molecular complexity index is 1460. The maximum Gasteiger partial charge on any atom is 0.244 e. The van der Waals surface area contributed by atoms with E-state index in [-0.39, 0.29) is 13.2 Å². The van der Waals surface area contributed by atoms with E-state index in [1.54, 1.807) is 0 Å². The first kappa shape index (κ1) is 25.1. The summed E-state index contributed by atoms with van der Waals surface area (Å²) in [6.07, 6.45) is 12.6. The van der Waals surface area contributed by atoms with Crippen LogP contribution in [0.15, 0.2) is 109 Å². The number of hydrogen-bond donors (Lipinski definition) is 2. The van der Waals surface area contributed by atoms with Crippen molar-refractivity contribution in [2.24, 2.45) is 0 Å². The second-order valence-corrected chi connectivity index (χ2v) is 10.2. The smallest absolute Gasteiger partial charge is 0.244 e. The van der Waals surface area contributed by atoms with Crippen molar-refractivity contribution in [3.63, 3.8) is 0 Å². The van der Waals surface area contributed by atoms with Crippen molar-refractivity contribution in [2.45, 2.75) is 39.4 Å². The van der Waals surface area contributed by atoms with Gasteiger partial charge < -0.3 is 10.2 Å². The van der Waals surface area contributed by atoms with E-state index in [0.29, 0.717) is 0 Å². The van der Waals surface area contributed by atoms with Crippen LogP contribution >= 0.6 is 15.9 Å². The van der Waals surface area contributed by atoms with Crippen LogP contribution in [0.2, 0.25) is 0 Å². The quantitative estimate of drug-likeness (QED) is 0.256. The Balaban J connectivity index is 1.18. The van der Waals surface area contributed by atoms with Crippen molar-refractivity contribution in [2.75, 3.05) is 0 Å². The minimum atomic E-state index is 0.0739. The molecule has 5 aromatic rings. The van der Waals surface area contributed by atoms with Crippen LogP contribution in [0.5, 0.6) is 0 Å². The molecule has 2 N–H and O–H groups in total. The van der Waals surface area contributed by atoms with Crippen molar-refractivity contribution in [1.82, 2.24) is 9.13 Å². The molecule has 188 valence electrons. The zero-order valence-electron chi connectivity index (χ0n) is 20.6. The van der Waals surface area contributed by atoms with Crippen molar-refractivity contribution in [3.05, 3.63) is 142 Å². The Morgan fingerprint density at radius 1 is 0.595 bits per heavy atom. The van der Waals surface area contributed by atoms with Crippen LogP contribution in [0.4, 0.5) is 0 Å². The second kappa shape index (κ2) is 11.7. The van der Waals surface area contributed by atoms with E-state index in [1.807, 2.05) is 24.3 Å². The van der Waals surface area contributed by atoms with E-state index < -0.39 is 0 Å². The summed E-state index contributed by atoms with van der Waals surface area (Å²) in [6, 6.07) is 22.7. The van der Waals surface area contributed by atoms with E-state index >= 15 is 0 Å². The zero-order valence-corrected chi connectivity index (χ0v) is 22.2. The number of benzene rings is 3. The number of aromatic nitrogens is 4. The van der Waals surface area contributed by atoms with Gasteiger partial charge in [0, 0.05) is 10.0 Å². The maximum atomic E-state index is 9.22. The molecule has 7 heteroatoms. The average Bonchev–Trinajstić information content (AvgIpc) is 3.55. The first-order chi connectivity index (χ1) is 18.1. The van der Waals surface area contributed by atoms with Crippen LogP contribution in [0.25, 0.3) is 0 Å². The van der Waals surface area contributed by atoms with Gasteiger partial charge in [-0.25, -0.2) is 18.3 Å². The van der Waals surface area contributed by atoms with Gasteiger partial charge in [0.15, 0.2) is 0 Å². The molecule has 0 fully saturated rings. The fraction of sp³-hybridized carbons (Fsp3) is 0.200. The Morgan fingerprint density at radius 2 is 1.08 bits per heavy atom. The van der Waals surface area contributed by atoms with Crippen LogP contribution in [-0.4, -0.2) is 19.3 Å². The summed E-state index contributed by atoms with van der Waals surface area (Å²) in [4.78, 5) is 0. The summed E-state index contributed by atoms with van der Waals surface area (Å²) in [5.41, 5.74) is 6.74. The van der Waals surface area contributed by atoms with E-state index in [1.165, 1.54) is 22.3 Å². The minimum Gasteiger partial charge on any atom is -0.392 e. The van der Waals surface area contributed by atoms with Crippen LogP contribution in [-0.2, 0) is 39.4 Å². The van der Waals surface area contributed by atoms with E-state index in [4.69, 9.17) is 0 Å². The van der Waals surface area contributed by atoms with Crippen LogP contribution in [0.1, 0.15) is 33.4 Å². The summed E-state index contributed by atoms with van der Waals surface area (Å²) < 4.78 is 9.81. The highest BCUT2D eigenvalue weighted by Crippen LogP contribution is 2.20. The highest BCUT2D eigenvalue weighted by molar-refractivity contribution is 9.10. The van der Waals surface area contributed by atoms with E-state index in [2.05, 4.69) is 114 Å². The first-order valence-corrected chi connectivity index (χ1v) is 13.1. The van der Waals surface area contributed by atoms with Gasteiger partial charge in [0.05, 0.1) is 13.2 Å². The molecule has 0 aliphatic carbocycles. The second-order valence-electron chi connectivity index (χ2n) is 9.39. The number of aliphatic hydroxyl groups excluding tert-OH is 2. The molecule has 6 nitrogen and oxygen atoms in total. The third-order valence-electron chi connectivity index (χ3n) is 6.47. The molecule has 0 aliphatic heterocycles. The predicted molar refractivity (Wildman–Crippen MR) is 145 cm³/mol. The van der Waals surface area contributed by atoms with Gasteiger partial charge in [-0.2, -0.15) is 0 Å². The highest BCUT2D eigenvalue weighted by atomic mass is 79.9. The lowest BCUT2D eigenvalue weighted by molar-refractivity contribution is -0.688. The fourth-order valence-corrected chi connectivity index (χ4v) is 4.95. The molecule has 5 rings (SSSR count).